The molecule has 0 saturated carbocycles. The van der Waals surface area contributed by atoms with Crippen LogP contribution in [-0.4, -0.2) is 24.6 Å². The van der Waals surface area contributed by atoms with Gasteiger partial charge >= 0.3 is 0 Å². The van der Waals surface area contributed by atoms with Gasteiger partial charge in [-0.3, -0.25) is 4.40 Å². The van der Waals surface area contributed by atoms with Crippen molar-refractivity contribution in [2.45, 2.75) is 0 Å². The molecule has 3 aromatic rings. The summed E-state index contributed by atoms with van der Waals surface area (Å²) in [7, 11) is 0. The minimum absolute atomic E-state index is 0.460. The van der Waals surface area contributed by atoms with E-state index in [1.54, 1.807) is 12.3 Å². The number of aromatic nitrogens is 5. The van der Waals surface area contributed by atoms with E-state index in [1.807, 2.05) is 10.5 Å². The molecule has 0 aliphatic heterocycles. The van der Waals surface area contributed by atoms with E-state index in [2.05, 4.69) is 42.8 Å². The first kappa shape index (κ1) is 8.77. The number of hydrogen-bond donors (Lipinski definition) is 1. The van der Waals surface area contributed by atoms with Crippen molar-refractivity contribution >= 4 is 45.2 Å². The third-order valence-corrected chi connectivity index (χ3v) is 2.75. The largest absolute Gasteiger partial charge is 0.384 e. The van der Waals surface area contributed by atoms with Crippen molar-refractivity contribution in [3.05, 3.63) is 22.2 Å². The van der Waals surface area contributed by atoms with Gasteiger partial charge in [0.2, 0.25) is 3.83 Å². The van der Waals surface area contributed by atoms with E-state index in [9.17, 15) is 0 Å². The van der Waals surface area contributed by atoms with E-state index in [1.165, 1.54) is 0 Å². The van der Waals surface area contributed by atoms with Crippen LogP contribution in [0.25, 0.3) is 16.8 Å². The quantitative estimate of drug-likeness (QED) is 0.623. The molecule has 0 bridgehead atoms. The predicted octanol–water partition coefficient (Wildman–Crippen LogP) is 0.859. The van der Waals surface area contributed by atoms with Crippen molar-refractivity contribution < 1.29 is 0 Å². The predicted molar refractivity (Wildman–Crippen MR) is 63.2 cm³/mol. The molecule has 0 aromatic carbocycles. The molecule has 74 valence electrons. The highest BCUT2D eigenvalue weighted by molar-refractivity contribution is 14.1. The molecule has 6 nitrogen and oxygen atoms in total. The van der Waals surface area contributed by atoms with E-state index in [4.69, 9.17) is 5.73 Å². The molecule has 3 heterocycles. The van der Waals surface area contributed by atoms with Crippen molar-refractivity contribution in [3.63, 3.8) is 0 Å². The first-order chi connectivity index (χ1) is 7.25. The molecular formula is C8H5IN6. The average molecular weight is 312 g/mol. The second kappa shape index (κ2) is 2.99. The van der Waals surface area contributed by atoms with Crippen LogP contribution < -0.4 is 5.73 Å². The molecule has 0 fully saturated rings. The topological polar surface area (TPSA) is 82.0 Å². The summed E-state index contributed by atoms with van der Waals surface area (Å²) in [6, 6.07) is 3.55. The van der Waals surface area contributed by atoms with Crippen LogP contribution in [0.3, 0.4) is 0 Å². The summed E-state index contributed by atoms with van der Waals surface area (Å²) in [5, 5.41) is 7.91. The van der Waals surface area contributed by atoms with Crippen molar-refractivity contribution in [1.29, 1.82) is 0 Å². The molecule has 0 amide bonds. The Morgan fingerprint density at radius 1 is 1.27 bits per heavy atom. The Morgan fingerprint density at radius 2 is 2.13 bits per heavy atom. The van der Waals surface area contributed by atoms with Gasteiger partial charge in [-0.25, -0.2) is 9.97 Å². The molecule has 0 aliphatic carbocycles. The summed E-state index contributed by atoms with van der Waals surface area (Å²) in [6.45, 7) is 0. The fourth-order valence-electron chi connectivity index (χ4n) is 1.40. The number of nitrogens with two attached hydrogens (primary N) is 1. The van der Waals surface area contributed by atoms with Crippen LogP contribution in [0.4, 0.5) is 5.82 Å². The van der Waals surface area contributed by atoms with Crippen LogP contribution in [0, 0.1) is 3.83 Å². The second-order valence-electron chi connectivity index (χ2n) is 3.00. The molecule has 2 N–H and O–H groups in total. The van der Waals surface area contributed by atoms with Gasteiger partial charge < -0.3 is 5.73 Å². The van der Waals surface area contributed by atoms with Crippen LogP contribution in [0.2, 0.25) is 0 Å². The van der Waals surface area contributed by atoms with Gasteiger partial charge in [0, 0.05) is 22.6 Å². The first-order valence-electron chi connectivity index (χ1n) is 4.17. The van der Waals surface area contributed by atoms with Gasteiger partial charge in [0.1, 0.15) is 11.3 Å². The van der Waals surface area contributed by atoms with Crippen molar-refractivity contribution in [2.75, 3.05) is 5.73 Å². The molecule has 0 radical (unpaired) electrons. The van der Waals surface area contributed by atoms with Gasteiger partial charge in [0.15, 0.2) is 11.3 Å². The summed E-state index contributed by atoms with van der Waals surface area (Å²) in [5.74, 6) is 0.460. The zero-order chi connectivity index (χ0) is 10.4. The first-order valence-corrected chi connectivity index (χ1v) is 5.25. The van der Waals surface area contributed by atoms with Gasteiger partial charge in [-0.05, 0) is 12.1 Å². The van der Waals surface area contributed by atoms with Crippen molar-refractivity contribution in [2.24, 2.45) is 0 Å². The third kappa shape index (κ3) is 1.23. The molecule has 0 unspecified atom stereocenters. The monoisotopic (exact) mass is 312 g/mol. The maximum atomic E-state index is 5.64. The summed E-state index contributed by atoms with van der Waals surface area (Å²) < 4.78 is 2.56. The molecule has 3 rings (SSSR count). The zero-order valence-electron chi connectivity index (χ0n) is 7.42. The van der Waals surface area contributed by atoms with E-state index in [-0.39, 0.29) is 0 Å². The van der Waals surface area contributed by atoms with E-state index >= 15 is 0 Å². The Labute approximate surface area is 97.7 Å². The fourth-order valence-corrected chi connectivity index (χ4v) is 1.99. The number of pyridine rings is 1. The molecule has 3 aromatic heterocycles. The van der Waals surface area contributed by atoms with Crippen molar-refractivity contribution in [1.82, 2.24) is 24.6 Å². The Balaban J connectivity index is 2.61. The number of halogens is 1. The second-order valence-corrected chi connectivity index (χ2v) is 3.96. The highest BCUT2D eigenvalue weighted by Gasteiger charge is 2.08. The Bertz CT molecular complexity index is 661. The minimum Gasteiger partial charge on any atom is -0.384 e. The molecule has 0 aliphatic rings. The summed E-state index contributed by atoms with van der Waals surface area (Å²) in [4.78, 5) is 8.45. The number of nitrogens with zero attached hydrogens (tertiary/aromatic N) is 5. The highest BCUT2D eigenvalue weighted by atomic mass is 127. The molecule has 0 spiro atoms. The average Bonchev–Trinajstić information content (AvgIpc) is 2.60. The minimum atomic E-state index is 0.460. The molecular weight excluding hydrogens is 307 g/mol. The fraction of sp³-hybridized carbons (Fsp3) is 0. The van der Waals surface area contributed by atoms with Crippen LogP contribution in [0.5, 0.6) is 0 Å². The van der Waals surface area contributed by atoms with Gasteiger partial charge in [-0.1, -0.05) is 0 Å². The van der Waals surface area contributed by atoms with Crippen LogP contribution >= 0.6 is 22.6 Å². The Morgan fingerprint density at radius 3 is 3.00 bits per heavy atom. The van der Waals surface area contributed by atoms with Gasteiger partial charge in [0.05, 0.1) is 6.20 Å². The molecule has 7 heteroatoms. The van der Waals surface area contributed by atoms with Gasteiger partial charge in [0.25, 0.3) is 0 Å². The highest BCUT2D eigenvalue weighted by Crippen LogP contribution is 2.15. The van der Waals surface area contributed by atoms with Crippen LogP contribution in [0.15, 0.2) is 18.3 Å². The number of rotatable bonds is 0. The van der Waals surface area contributed by atoms with Crippen molar-refractivity contribution in [3.8, 4) is 0 Å². The lowest BCUT2D eigenvalue weighted by Gasteiger charge is -2.00. The van der Waals surface area contributed by atoms with Gasteiger partial charge in [-0.15, -0.1) is 10.2 Å². The lowest BCUT2D eigenvalue weighted by Crippen LogP contribution is -1.98. The lowest BCUT2D eigenvalue weighted by molar-refractivity contribution is 1.06. The number of hydrogen-bond acceptors (Lipinski definition) is 5. The van der Waals surface area contributed by atoms with E-state index in [0.29, 0.717) is 17.1 Å². The number of anilines is 1. The molecule has 0 saturated heterocycles. The number of fused-ring (bicyclic) bond motifs is 3. The van der Waals surface area contributed by atoms with E-state index < -0.39 is 0 Å². The van der Waals surface area contributed by atoms with Gasteiger partial charge in [-0.2, -0.15) is 0 Å². The lowest BCUT2D eigenvalue weighted by atomic mass is 10.4. The smallest absolute Gasteiger partial charge is 0.200 e. The summed E-state index contributed by atoms with van der Waals surface area (Å²) in [6.07, 6.45) is 1.66. The van der Waals surface area contributed by atoms with Crippen LogP contribution in [-0.2, 0) is 0 Å². The molecule has 0 atom stereocenters. The maximum Gasteiger partial charge on any atom is 0.200 e. The van der Waals surface area contributed by atoms with E-state index in [0.717, 1.165) is 9.35 Å². The summed E-state index contributed by atoms with van der Waals surface area (Å²) >= 11 is 2.09. The zero-order valence-corrected chi connectivity index (χ0v) is 9.58. The third-order valence-electron chi connectivity index (χ3n) is 2.06. The molecule has 15 heavy (non-hydrogen) atoms. The summed E-state index contributed by atoms with van der Waals surface area (Å²) in [5.41, 5.74) is 7.76. The Kier molecular flexibility index (Phi) is 1.75. The number of nitrogen functional groups attached to an aromatic ring is 1. The standard InChI is InChI=1S/C8H5IN6/c9-8-14-13-6-3-11-4-1-2-5(10)12-7(4)15(6)8/h1-3H,(H2,10,12). The normalized spacial score (nSPS) is 11.3. The Hall–Kier alpha value is -1.51. The maximum absolute atomic E-state index is 5.64. The van der Waals surface area contributed by atoms with Crippen LogP contribution in [0.1, 0.15) is 0 Å². The SMILES string of the molecule is Nc1ccc2ncc3nnc(I)n3c2n1.